The number of carboxylic acid groups (broad SMARTS) is 1. The van der Waals surface area contributed by atoms with Gasteiger partial charge < -0.3 is 15.2 Å². The Labute approximate surface area is 204 Å². The number of benzene rings is 3. The maximum Gasteiger partial charge on any atom is 0.490 e. The van der Waals surface area contributed by atoms with Crippen LogP contribution in [0.2, 0.25) is 0 Å². The van der Waals surface area contributed by atoms with Crippen LogP contribution in [0.15, 0.2) is 77.8 Å². The minimum Gasteiger partial charge on any atom is -0.497 e. The highest BCUT2D eigenvalue weighted by Crippen LogP contribution is 2.37. The van der Waals surface area contributed by atoms with Gasteiger partial charge >= 0.3 is 12.1 Å². The smallest absolute Gasteiger partial charge is 0.490 e. The number of nitrogens with one attached hydrogen (secondary N) is 1. The molecule has 0 unspecified atom stereocenters. The van der Waals surface area contributed by atoms with Gasteiger partial charge in [0.1, 0.15) is 23.4 Å². The Kier molecular flexibility index (Phi) is 8.63. The molecule has 190 valence electrons. The number of aryl methyl sites for hydroxylation is 1. The van der Waals surface area contributed by atoms with Gasteiger partial charge in [0.25, 0.3) is 0 Å². The highest BCUT2D eigenvalue weighted by molar-refractivity contribution is 5.85. The first kappa shape index (κ1) is 26.7. The number of carboxylic acids is 1. The fraction of sp³-hybridized carbons (Fsp3) is 0.231. The number of carbonyl (C=O) groups is 1. The summed E-state index contributed by atoms with van der Waals surface area (Å²) >= 11 is 0. The van der Waals surface area contributed by atoms with Gasteiger partial charge in [0.15, 0.2) is 0 Å². The summed E-state index contributed by atoms with van der Waals surface area (Å²) in [7, 11) is 1.64. The van der Waals surface area contributed by atoms with E-state index in [1.165, 1.54) is 29.8 Å². The van der Waals surface area contributed by atoms with Crippen molar-refractivity contribution in [1.82, 2.24) is 5.32 Å². The Bertz CT molecular complexity index is 1210. The number of hydrogen-bond donors (Lipinski definition) is 2. The van der Waals surface area contributed by atoms with Gasteiger partial charge in [-0.1, -0.05) is 36.4 Å². The Morgan fingerprint density at radius 3 is 2.03 bits per heavy atom. The van der Waals surface area contributed by atoms with E-state index in [4.69, 9.17) is 19.6 Å². The second-order valence-electron chi connectivity index (χ2n) is 7.90. The third kappa shape index (κ3) is 7.27. The standard InChI is InChI=1S/C24H22F2N2O.C2HF3O2/c1-29-21-11-8-16(9-12-21)10-13-22-27-23(17-4-2-6-19(25)14-17)24(28-22)18-5-3-7-20(26)15-18;3-2(4,5)1(6)7/h2-9,11-12,14-15,23-24H,10,13H2,1H3,(H,27,28);(H,6,7)/t23-,24+;. The number of hydrogen-bond acceptors (Lipinski definition) is 4. The molecule has 0 radical (unpaired) electrons. The minimum atomic E-state index is -5.08. The normalized spacial score (nSPS) is 16.9. The van der Waals surface area contributed by atoms with Gasteiger partial charge in [0, 0.05) is 6.42 Å². The molecule has 3 aromatic carbocycles. The maximum absolute atomic E-state index is 13.8. The Morgan fingerprint density at radius 1 is 0.944 bits per heavy atom. The largest absolute Gasteiger partial charge is 0.497 e. The number of halogens is 5. The maximum atomic E-state index is 13.8. The average molecular weight is 506 g/mol. The van der Waals surface area contributed by atoms with Crippen molar-refractivity contribution < 1.29 is 36.6 Å². The van der Waals surface area contributed by atoms with E-state index < -0.39 is 12.1 Å². The first-order valence-electron chi connectivity index (χ1n) is 10.8. The summed E-state index contributed by atoms with van der Waals surface area (Å²) in [4.78, 5) is 13.7. The van der Waals surface area contributed by atoms with Gasteiger partial charge in [0.05, 0.1) is 19.0 Å². The Balaban J connectivity index is 0.000000454. The fourth-order valence-electron chi connectivity index (χ4n) is 3.65. The van der Waals surface area contributed by atoms with Crippen LogP contribution in [0.5, 0.6) is 5.75 Å². The number of methoxy groups -OCH3 is 1. The van der Waals surface area contributed by atoms with E-state index in [9.17, 15) is 22.0 Å². The lowest BCUT2D eigenvalue weighted by atomic mass is 9.95. The molecule has 0 aliphatic carbocycles. The average Bonchev–Trinajstić information content (AvgIpc) is 3.27. The molecule has 4 rings (SSSR count). The van der Waals surface area contributed by atoms with Gasteiger partial charge in [-0.15, -0.1) is 0 Å². The molecule has 2 atom stereocenters. The lowest BCUT2D eigenvalue weighted by molar-refractivity contribution is -0.192. The van der Waals surface area contributed by atoms with E-state index in [-0.39, 0.29) is 23.7 Å². The van der Waals surface area contributed by atoms with Crippen molar-refractivity contribution in [3.63, 3.8) is 0 Å². The second-order valence-corrected chi connectivity index (χ2v) is 7.90. The zero-order valence-electron chi connectivity index (χ0n) is 19.1. The number of nitrogens with zero attached hydrogens (tertiary/aromatic N) is 1. The van der Waals surface area contributed by atoms with Gasteiger partial charge in [-0.2, -0.15) is 13.2 Å². The van der Waals surface area contributed by atoms with E-state index in [0.29, 0.717) is 6.42 Å². The van der Waals surface area contributed by atoms with E-state index in [1.807, 2.05) is 36.4 Å². The molecule has 0 spiro atoms. The monoisotopic (exact) mass is 506 g/mol. The second kappa shape index (κ2) is 11.7. The van der Waals surface area contributed by atoms with Crippen molar-refractivity contribution in [2.75, 3.05) is 7.11 Å². The van der Waals surface area contributed by atoms with Crippen molar-refractivity contribution in [1.29, 1.82) is 0 Å². The zero-order valence-corrected chi connectivity index (χ0v) is 19.1. The number of aliphatic carboxylic acids is 1. The van der Waals surface area contributed by atoms with Crippen molar-refractivity contribution >= 4 is 11.8 Å². The number of alkyl halides is 3. The number of rotatable bonds is 6. The quantitative estimate of drug-likeness (QED) is 0.401. The van der Waals surface area contributed by atoms with Crippen molar-refractivity contribution in [2.45, 2.75) is 31.1 Å². The summed E-state index contributed by atoms with van der Waals surface area (Å²) in [5.41, 5.74) is 2.74. The summed E-state index contributed by atoms with van der Waals surface area (Å²) in [5.74, 6) is -1.70. The van der Waals surface area contributed by atoms with E-state index in [1.54, 1.807) is 19.2 Å². The number of ether oxygens (including phenoxy) is 1. The van der Waals surface area contributed by atoms with Crippen molar-refractivity contribution in [3.8, 4) is 5.75 Å². The molecule has 0 amide bonds. The summed E-state index contributed by atoms with van der Waals surface area (Å²) in [6.07, 6.45) is -3.56. The lowest BCUT2D eigenvalue weighted by Crippen LogP contribution is -2.24. The predicted octanol–water partition coefficient (Wildman–Crippen LogP) is 6.02. The van der Waals surface area contributed by atoms with Gasteiger partial charge in [-0.05, 0) is 59.5 Å². The van der Waals surface area contributed by atoms with Crippen LogP contribution < -0.4 is 10.1 Å². The molecular formula is C26H23F5N2O3. The SMILES string of the molecule is COc1ccc(CCC2=N[C@H](c3cccc(F)c3)[C@H](c3cccc(F)c3)N2)cc1.O=C(O)C(F)(F)F. The molecule has 0 aromatic heterocycles. The van der Waals surface area contributed by atoms with Crippen LogP contribution in [0.4, 0.5) is 22.0 Å². The van der Waals surface area contributed by atoms with Crippen LogP contribution in [0.1, 0.15) is 35.2 Å². The Morgan fingerprint density at radius 2 is 1.50 bits per heavy atom. The van der Waals surface area contributed by atoms with Crippen LogP contribution in [-0.2, 0) is 11.2 Å². The van der Waals surface area contributed by atoms with E-state index >= 15 is 0 Å². The molecule has 0 bridgehead atoms. The molecule has 0 saturated carbocycles. The summed E-state index contributed by atoms with van der Waals surface area (Å²) in [6, 6.07) is 20.3. The molecule has 0 saturated heterocycles. The highest BCUT2D eigenvalue weighted by Gasteiger charge is 2.38. The van der Waals surface area contributed by atoms with Crippen LogP contribution in [0.25, 0.3) is 0 Å². The third-order valence-corrected chi connectivity index (χ3v) is 5.38. The minimum absolute atomic E-state index is 0.238. The van der Waals surface area contributed by atoms with Crippen LogP contribution in [0, 0.1) is 11.6 Å². The molecule has 0 fully saturated rings. The van der Waals surface area contributed by atoms with Gasteiger partial charge in [-0.25, -0.2) is 13.6 Å². The molecule has 1 heterocycles. The lowest BCUT2D eigenvalue weighted by Gasteiger charge is -2.20. The molecular weight excluding hydrogens is 483 g/mol. The molecule has 2 N–H and O–H groups in total. The number of aliphatic imine (C=N–C) groups is 1. The van der Waals surface area contributed by atoms with E-state index in [2.05, 4.69) is 5.32 Å². The van der Waals surface area contributed by atoms with Gasteiger partial charge in [-0.3, -0.25) is 4.99 Å². The first-order chi connectivity index (χ1) is 17.1. The van der Waals surface area contributed by atoms with Crippen LogP contribution in [0.3, 0.4) is 0 Å². The first-order valence-corrected chi connectivity index (χ1v) is 10.8. The van der Waals surface area contributed by atoms with Crippen LogP contribution >= 0.6 is 0 Å². The third-order valence-electron chi connectivity index (χ3n) is 5.38. The molecule has 3 aromatic rings. The topological polar surface area (TPSA) is 70.9 Å². The highest BCUT2D eigenvalue weighted by atomic mass is 19.4. The predicted molar refractivity (Wildman–Crippen MR) is 124 cm³/mol. The summed E-state index contributed by atoms with van der Waals surface area (Å²) in [6.45, 7) is 0. The summed E-state index contributed by atoms with van der Waals surface area (Å²) in [5, 5.41) is 10.6. The molecule has 36 heavy (non-hydrogen) atoms. The zero-order chi connectivity index (χ0) is 26.3. The van der Waals surface area contributed by atoms with Crippen molar-refractivity contribution in [2.24, 2.45) is 4.99 Å². The molecule has 5 nitrogen and oxygen atoms in total. The Hall–Kier alpha value is -3.95. The fourth-order valence-corrected chi connectivity index (χ4v) is 3.65. The van der Waals surface area contributed by atoms with E-state index in [0.717, 1.165) is 29.1 Å². The van der Waals surface area contributed by atoms with Crippen LogP contribution in [-0.4, -0.2) is 30.2 Å². The molecule has 10 heteroatoms. The summed E-state index contributed by atoms with van der Waals surface area (Å²) < 4.78 is 64.5. The molecule has 1 aliphatic heterocycles. The van der Waals surface area contributed by atoms with Gasteiger partial charge in [0.2, 0.25) is 0 Å². The van der Waals surface area contributed by atoms with Crippen molar-refractivity contribution in [3.05, 3.63) is 101 Å². The molecule has 1 aliphatic rings. The number of amidine groups is 1.